The molecule has 4 rings (SSSR count). The zero-order valence-corrected chi connectivity index (χ0v) is 10.5. The van der Waals surface area contributed by atoms with Crippen LogP contribution in [-0.2, 0) is 9.59 Å². The molecule has 7 nitrogen and oxygen atoms in total. The second kappa shape index (κ2) is 3.51. The van der Waals surface area contributed by atoms with Gasteiger partial charge in [0.15, 0.2) is 0 Å². The molecule has 2 bridgehead atoms. The average Bonchev–Trinajstić information content (AvgIpc) is 3.06. The van der Waals surface area contributed by atoms with Gasteiger partial charge in [-0.05, 0) is 12.3 Å². The first-order chi connectivity index (χ1) is 9.11. The quantitative estimate of drug-likeness (QED) is 0.763. The number of aliphatic carboxylic acids is 1. The lowest BCUT2D eigenvalue weighted by molar-refractivity contribution is -0.149. The summed E-state index contributed by atoms with van der Waals surface area (Å²) in [6.07, 6.45) is -0.174. The van der Waals surface area contributed by atoms with Crippen LogP contribution in [0.25, 0.3) is 0 Å². The van der Waals surface area contributed by atoms with E-state index in [1.54, 1.807) is 0 Å². The van der Waals surface area contributed by atoms with Crippen LogP contribution in [0.3, 0.4) is 0 Å². The van der Waals surface area contributed by atoms with Gasteiger partial charge in [-0.15, -0.1) is 10.2 Å². The Morgan fingerprint density at radius 3 is 2.89 bits per heavy atom. The third-order valence-corrected chi connectivity index (χ3v) is 5.43. The van der Waals surface area contributed by atoms with Crippen LogP contribution in [0.1, 0.15) is 6.42 Å². The Hall–Kier alpha value is -1.54. The van der Waals surface area contributed by atoms with Crippen molar-refractivity contribution in [3.8, 4) is 0 Å². The molecule has 2 N–H and O–H groups in total. The number of carbonyl (C=O) groups is 2. The van der Waals surface area contributed by atoms with Crippen molar-refractivity contribution in [1.29, 1.82) is 0 Å². The van der Waals surface area contributed by atoms with Crippen LogP contribution in [0.15, 0.2) is 5.51 Å². The van der Waals surface area contributed by atoms with Gasteiger partial charge in [0.1, 0.15) is 5.51 Å². The van der Waals surface area contributed by atoms with Gasteiger partial charge in [0.2, 0.25) is 11.0 Å². The van der Waals surface area contributed by atoms with Crippen molar-refractivity contribution in [2.45, 2.75) is 18.6 Å². The maximum atomic E-state index is 12.5. The van der Waals surface area contributed by atoms with E-state index in [-0.39, 0.29) is 23.8 Å². The van der Waals surface area contributed by atoms with Crippen molar-refractivity contribution < 1.29 is 19.8 Å². The topological polar surface area (TPSA) is 104 Å². The fraction of sp³-hybridized carbons (Fsp3) is 0.636. The van der Waals surface area contributed by atoms with Crippen molar-refractivity contribution >= 4 is 28.3 Å². The molecule has 8 heteroatoms. The van der Waals surface area contributed by atoms with Crippen LogP contribution in [0, 0.1) is 23.7 Å². The number of carboxylic acids is 1. The predicted octanol–water partition coefficient (Wildman–Crippen LogP) is -0.419. The molecule has 2 saturated carbocycles. The molecule has 0 aromatic carbocycles. The third kappa shape index (κ3) is 1.20. The first kappa shape index (κ1) is 11.3. The summed E-state index contributed by atoms with van der Waals surface area (Å²) < 4.78 is 0. The normalized spacial score (nSPS) is 43.2. The molecule has 0 unspecified atom stereocenters. The SMILES string of the molecule is O=C(O)[C@H]1[C@@H]2C[C@@H]3[C@H]1C(=O)N(c1nncs1)[C@@H]3[C@H]2O. The maximum absolute atomic E-state index is 12.5. The molecule has 100 valence electrons. The monoisotopic (exact) mass is 281 g/mol. The molecule has 1 saturated heterocycles. The largest absolute Gasteiger partial charge is 0.481 e. The molecule has 6 atom stereocenters. The number of carbonyl (C=O) groups excluding carboxylic acids is 1. The van der Waals surface area contributed by atoms with Crippen LogP contribution in [0.4, 0.5) is 5.13 Å². The fourth-order valence-electron chi connectivity index (χ4n) is 4.17. The van der Waals surface area contributed by atoms with Crippen molar-refractivity contribution in [3.05, 3.63) is 5.51 Å². The van der Waals surface area contributed by atoms with E-state index >= 15 is 0 Å². The number of aliphatic hydroxyl groups is 1. The van der Waals surface area contributed by atoms with Gasteiger partial charge in [-0.2, -0.15) is 0 Å². The summed E-state index contributed by atoms with van der Waals surface area (Å²) in [5.41, 5.74) is 1.52. The van der Waals surface area contributed by atoms with Crippen molar-refractivity contribution in [2.24, 2.45) is 23.7 Å². The molecule has 3 fully saturated rings. The lowest BCUT2D eigenvalue weighted by Crippen LogP contribution is -2.44. The predicted molar refractivity (Wildman–Crippen MR) is 63.4 cm³/mol. The number of hydrogen-bond acceptors (Lipinski definition) is 6. The highest BCUT2D eigenvalue weighted by Crippen LogP contribution is 2.59. The zero-order chi connectivity index (χ0) is 13.3. The lowest BCUT2D eigenvalue weighted by atomic mass is 9.78. The summed E-state index contributed by atoms with van der Waals surface area (Å²) in [5, 5.41) is 27.7. The number of rotatable bonds is 2. The molecule has 1 amide bonds. The molecule has 3 aliphatic rings. The number of aliphatic hydroxyl groups excluding tert-OH is 1. The standard InChI is InChI=1S/C11H11N3O4S/c15-8-4-1-3-5(6(4)10(17)18)9(16)14(7(3)8)11-13-12-2-19-11/h2-8,15H,1H2,(H,17,18)/t3-,4+,5-,6+,7+,8+/m1/s1. The van der Waals surface area contributed by atoms with Gasteiger partial charge >= 0.3 is 5.97 Å². The number of amides is 1. The molecule has 1 aromatic rings. The molecular formula is C11H11N3O4S. The molecular weight excluding hydrogens is 270 g/mol. The highest BCUT2D eigenvalue weighted by Gasteiger charge is 2.69. The second-order valence-electron chi connectivity index (χ2n) is 5.36. The van der Waals surface area contributed by atoms with E-state index in [0.29, 0.717) is 11.6 Å². The molecule has 1 aromatic heterocycles. The third-order valence-electron chi connectivity index (χ3n) is 4.74. The molecule has 1 aliphatic heterocycles. The number of carboxylic acid groups (broad SMARTS) is 1. The van der Waals surface area contributed by atoms with Gasteiger partial charge in [0, 0.05) is 5.92 Å². The highest BCUT2D eigenvalue weighted by molar-refractivity contribution is 7.13. The second-order valence-corrected chi connectivity index (χ2v) is 6.18. The van der Waals surface area contributed by atoms with Crippen LogP contribution in [0.2, 0.25) is 0 Å². The molecule has 0 spiro atoms. The molecule has 19 heavy (non-hydrogen) atoms. The first-order valence-electron chi connectivity index (χ1n) is 6.11. The molecule has 0 radical (unpaired) electrons. The van der Waals surface area contributed by atoms with Gasteiger partial charge in [-0.3, -0.25) is 14.5 Å². The summed E-state index contributed by atoms with van der Waals surface area (Å²) in [7, 11) is 0. The van der Waals surface area contributed by atoms with Crippen LogP contribution >= 0.6 is 11.3 Å². The fourth-order valence-corrected chi connectivity index (χ4v) is 4.78. The minimum Gasteiger partial charge on any atom is -0.481 e. The Labute approximate surface area is 111 Å². The number of fused-ring (bicyclic) bond motifs is 1. The van der Waals surface area contributed by atoms with E-state index in [2.05, 4.69) is 10.2 Å². The van der Waals surface area contributed by atoms with Crippen LogP contribution < -0.4 is 4.90 Å². The Morgan fingerprint density at radius 1 is 1.47 bits per heavy atom. The lowest BCUT2D eigenvalue weighted by Gasteiger charge is -2.29. The van der Waals surface area contributed by atoms with E-state index in [1.807, 2.05) is 0 Å². The van der Waals surface area contributed by atoms with E-state index in [1.165, 1.54) is 21.7 Å². The van der Waals surface area contributed by atoms with E-state index in [4.69, 9.17) is 0 Å². The minimum absolute atomic E-state index is 0.0718. The van der Waals surface area contributed by atoms with E-state index in [9.17, 15) is 19.8 Å². The van der Waals surface area contributed by atoms with E-state index in [0.717, 1.165) is 0 Å². The highest BCUT2D eigenvalue weighted by atomic mass is 32.1. The Morgan fingerprint density at radius 2 is 2.26 bits per heavy atom. The van der Waals surface area contributed by atoms with Gasteiger partial charge in [-0.25, -0.2) is 0 Å². The average molecular weight is 281 g/mol. The summed E-state index contributed by atoms with van der Waals surface area (Å²) in [4.78, 5) is 25.3. The van der Waals surface area contributed by atoms with Gasteiger partial charge in [-0.1, -0.05) is 11.3 Å². The van der Waals surface area contributed by atoms with Crippen molar-refractivity contribution in [3.63, 3.8) is 0 Å². The zero-order valence-electron chi connectivity index (χ0n) is 9.71. The smallest absolute Gasteiger partial charge is 0.307 e. The molecule has 2 heterocycles. The summed E-state index contributed by atoms with van der Waals surface area (Å²) in [5.74, 6) is -2.88. The van der Waals surface area contributed by atoms with E-state index < -0.39 is 23.9 Å². The summed E-state index contributed by atoms with van der Waals surface area (Å²) in [6, 6.07) is -0.328. The van der Waals surface area contributed by atoms with Crippen LogP contribution in [0.5, 0.6) is 0 Å². The van der Waals surface area contributed by atoms with Gasteiger partial charge < -0.3 is 10.2 Å². The number of anilines is 1. The summed E-state index contributed by atoms with van der Waals surface area (Å²) in [6.45, 7) is 0. The van der Waals surface area contributed by atoms with Crippen molar-refractivity contribution in [2.75, 3.05) is 4.90 Å². The van der Waals surface area contributed by atoms with Crippen molar-refractivity contribution in [1.82, 2.24) is 10.2 Å². The summed E-state index contributed by atoms with van der Waals surface area (Å²) >= 11 is 1.23. The molecule has 2 aliphatic carbocycles. The first-order valence-corrected chi connectivity index (χ1v) is 6.99. The Balaban J connectivity index is 1.81. The Bertz CT molecular complexity index is 562. The number of hydrogen-bond donors (Lipinski definition) is 2. The Kier molecular flexibility index (Phi) is 2.09. The maximum Gasteiger partial charge on any atom is 0.307 e. The van der Waals surface area contributed by atoms with Gasteiger partial charge in [0.05, 0.1) is 24.0 Å². The van der Waals surface area contributed by atoms with Gasteiger partial charge in [0.25, 0.3) is 0 Å². The minimum atomic E-state index is -0.984. The van der Waals surface area contributed by atoms with Crippen LogP contribution in [-0.4, -0.2) is 44.4 Å². The number of nitrogens with zero attached hydrogens (tertiary/aromatic N) is 3. The number of aromatic nitrogens is 2.